The van der Waals surface area contributed by atoms with E-state index in [1.165, 1.54) is 0 Å². The van der Waals surface area contributed by atoms with Crippen molar-refractivity contribution in [3.63, 3.8) is 0 Å². The van der Waals surface area contributed by atoms with Gasteiger partial charge in [-0.15, -0.1) is 0 Å². The van der Waals surface area contributed by atoms with Gasteiger partial charge < -0.3 is 10.1 Å². The lowest BCUT2D eigenvalue weighted by Gasteiger charge is -2.27. The fourth-order valence-electron chi connectivity index (χ4n) is 1.58. The van der Waals surface area contributed by atoms with Crippen LogP contribution >= 0.6 is 11.6 Å². The first-order chi connectivity index (χ1) is 6.79. The highest BCUT2D eigenvalue weighted by Crippen LogP contribution is 2.22. The van der Waals surface area contributed by atoms with Gasteiger partial charge in [-0.25, -0.2) is 4.98 Å². The molecule has 2 rings (SSSR count). The molecule has 1 saturated heterocycles. The van der Waals surface area contributed by atoms with E-state index < -0.39 is 0 Å². The van der Waals surface area contributed by atoms with Crippen LogP contribution in [0.5, 0.6) is 5.88 Å². The molecule has 0 spiro atoms. The van der Waals surface area contributed by atoms with Gasteiger partial charge in [0, 0.05) is 5.56 Å². The van der Waals surface area contributed by atoms with Crippen LogP contribution in [0.15, 0.2) is 12.1 Å². The van der Waals surface area contributed by atoms with E-state index in [9.17, 15) is 0 Å². The average molecular weight is 213 g/mol. The van der Waals surface area contributed by atoms with Crippen molar-refractivity contribution < 1.29 is 4.74 Å². The van der Waals surface area contributed by atoms with Crippen molar-refractivity contribution in [2.75, 3.05) is 20.2 Å². The van der Waals surface area contributed by atoms with E-state index in [0.29, 0.717) is 17.0 Å². The standard InChI is InChI=1S/C10H13ClN2O/c1-14-10-8(2-3-9(11)13-10)4-7-5-12-6-7/h2-3,7,12H,4-6H2,1H3. The Hall–Kier alpha value is -0.800. The Bertz CT molecular complexity index is 326. The lowest BCUT2D eigenvalue weighted by Crippen LogP contribution is -2.43. The summed E-state index contributed by atoms with van der Waals surface area (Å²) in [6.07, 6.45) is 1.01. The van der Waals surface area contributed by atoms with Crippen LogP contribution in [-0.2, 0) is 6.42 Å². The van der Waals surface area contributed by atoms with E-state index in [2.05, 4.69) is 10.3 Å². The lowest BCUT2D eigenvalue weighted by atomic mass is 9.95. The van der Waals surface area contributed by atoms with Crippen molar-refractivity contribution in [2.45, 2.75) is 6.42 Å². The van der Waals surface area contributed by atoms with E-state index in [0.717, 1.165) is 25.1 Å². The predicted molar refractivity (Wildman–Crippen MR) is 55.9 cm³/mol. The summed E-state index contributed by atoms with van der Waals surface area (Å²) in [4.78, 5) is 4.13. The Kier molecular flexibility index (Phi) is 2.89. The summed E-state index contributed by atoms with van der Waals surface area (Å²) >= 11 is 5.78. The average Bonchev–Trinajstić information content (AvgIpc) is 2.13. The van der Waals surface area contributed by atoms with Crippen LogP contribution in [0.2, 0.25) is 5.15 Å². The Morgan fingerprint density at radius 1 is 1.57 bits per heavy atom. The van der Waals surface area contributed by atoms with Crippen LogP contribution in [0, 0.1) is 5.92 Å². The predicted octanol–water partition coefficient (Wildman–Crippen LogP) is 1.51. The number of rotatable bonds is 3. The maximum absolute atomic E-state index is 5.78. The molecule has 3 nitrogen and oxygen atoms in total. The molecule has 14 heavy (non-hydrogen) atoms. The number of methoxy groups -OCH3 is 1. The summed E-state index contributed by atoms with van der Waals surface area (Å²) in [5.74, 6) is 1.37. The van der Waals surface area contributed by atoms with E-state index in [1.807, 2.05) is 12.1 Å². The van der Waals surface area contributed by atoms with Gasteiger partial charge in [0.1, 0.15) is 5.15 Å². The molecule has 0 atom stereocenters. The molecule has 2 heterocycles. The second-order valence-corrected chi connectivity index (χ2v) is 3.92. The maximum Gasteiger partial charge on any atom is 0.217 e. The zero-order chi connectivity index (χ0) is 9.97. The van der Waals surface area contributed by atoms with Crippen molar-refractivity contribution >= 4 is 11.6 Å². The molecule has 0 amide bonds. The van der Waals surface area contributed by atoms with Crippen molar-refractivity contribution in [3.8, 4) is 5.88 Å². The summed E-state index contributed by atoms with van der Waals surface area (Å²) in [6, 6.07) is 3.80. The van der Waals surface area contributed by atoms with Gasteiger partial charge in [0.2, 0.25) is 5.88 Å². The molecule has 1 aromatic rings. The third-order valence-electron chi connectivity index (χ3n) is 2.47. The second-order valence-electron chi connectivity index (χ2n) is 3.53. The molecule has 1 aromatic heterocycles. The number of hydrogen-bond donors (Lipinski definition) is 1. The molecule has 76 valence electrons. The molecule has 0 aliphatic carbocycles. The monoisotopic (exact) mass is 212 g/mol. The topological polar surface area (TPSA) is 34.1 Å². The van der Waals surface area contributed by atoms with Gasteiger partial charge in [-0.1, -0.05) is 17.7 Å². The minimum absolute atomic E-state index is 0.484. The van der Waals surface area contributed by atoms with E-state index in [4.69, 9.17) is 16.3 Å². The van der Waals surface area contributed by atoms with Gasteiger partial charge in [-0.2, -0.15) is 0 Å². The van der Waals surface area contributed by atoms with Gasteiger partial charge >= 0.3 is 0 Å². The second kappa shape index (κ2) is 4.15. The van der Waals surface area contributed by atoms with Gasteiger partial charge in [-0.05, 0) is 31.5 Å². The molecule has 1 aliphatic heterocycles. The smallest absolute Gasteiger partial charge is 0.217 e. The van der Waals surface area contributed by atoms with Crippen LogP contribution in [0.4, 0.5) is 0 Å². The normalized spacial score (nSPS) is 16.4. The summed E-state index contributed by atoms with van der Waals surface area (Å²) in [7, 11) is 1.63. The third kappa shape index (κ3) is 1.99. The number of aromatic nitrogens is 1. The van der Waals surface area contributed by atoms with Gasteiger partial charge in [0.25, 0.3) is 0 Å². The lowest BCUT2D eigenvalue weighted by molar-refractivity contribution is 0.335. The molecule has 1 aliphatic rings. The highest BCUT2D eigenvalue weighted by molar-refractivity contribution is 6.29. The molecule has 0 radical (unpaired) electrons. The number of pyridine rings is 1. The summed E-state index contributed by atoms with van der Waals surface area (Å²) in [6.45, 7) is 2.18. The molecule has 1 fully saturated rings. The molecule has 0 unspecified atom stereocenters. The molecule has 1 N–H and O–H groups in total. The van der Waals surface area contributed by atoms with Crippen molar-refractivity contribution in [3.05, 3.63) is 22.8 Å². The zero-order valence-corrected chi connectivity index (χ0v) is 8.84. The highest BCUT2D eigenvalue weighted by atomic mass is 35.5. The summed E-state index contributed by atoms with van der Waals surface area (Å²) < 4.78 is 5.18. The van der Waals surface area contributed by atoms with Crippen LogP contribution in [-0.4, -0.2) is 25.2 Å². The Morgan fingerprint density at radius 3 is 2.93 bits per heavy atom. The van der Waals surface area contributed by atoms with Gasteiger partial charge in [-0.3, -0.25) is 0 Å². The Balaban J connectivity index is 2.14. The molecule has 0 bridgehead atoms. The first kappa shape index (κ1) is 9.74. The van der Waals surface area contributed by atoms with E-state index in [-0.39, 0.29) is 0 Å². The van der Waals surface area contributed by atoms with Crippen molar-refractivity contribution in [1.82, 2.24) is 10.3 Å². The van der Waals surface area contributed by atoms with Crippen LogP contribution in [0.3, 0.4) is 0 Å². The third-order valence-corrected chi connectivity index (χ3v) is 2.68. The molecular formula is C10H13ClN2O. The van der Waals surface area contributed by atoms with Crippen LogP contribution in [0.25, 0.3) is 0 Å². The number of ether oxygens (including phenoxy) is 1. The van der Waals surface area contributed by atoms with Crippen molar-refractivity contribution in [2.24, 2.45) is 5.92 Å². The minimum atomic E-state index is 0.484. The van der Waals surface area contributed by atoms with Crippen LogP contribution in [0.1, 0.15) is 5.56 Å². The molecule has 0 aromatic carbocycles. The molecular weight excluding hydrogens is 200 g/mol. The van der Waals surface area contributed by atoms with Crippen molar-refractivity contribution in [1.29, 1.82) is 0 Å². The Morgan fingerprint density at radius 2 is 2.36 bits per heavy atom. The number of nitrogens with one attached hydrogen (secondary N) is 1. The first-order valence-corrected chi connectivity index (χ1v) is 5.07. The van der Waals surface area contributed by atoms with Gasteiger partial charge in [0.15, 0.2) is 0 Å². The summed E-state index contributed by atoms with van der Waals surface area (Å²) in [5.41, 5.74) is 1.14. The van der Waals surface area contributed by atoms with Crippen LogP contribution < -0.4 is 10.1 Å². The summed E-state index contributed by atoms with van der Waals surface area (Å²) in [5, 5.41) is 3.73. The molecule has 0 saturated carbocycles. The SMILES string of the molecule is COc1nc(Cl)ccc1CC1CNC1. The highest BCUT2D eigenvalue weighted by Gasteiger charge is 2.19. The maximum atomic E-state index is 5.78. The van der Waals surface area contributed by atoms with E-state index in [1.54, 1.807) is 7.11 Å². The molecule has 4 heteroatoms. The Labute approximate surface area is 88.4 Å². The number of hydrogen-bond acceptors (Lipinski definition) is 3. The number of halogens is 1. The fourth-order valence-corrected chi connectivity index (χ4v) is 1.72. The largest absolute Gasteiger partial charge is 0.481 e. The zero-order valence-electron chi connectivity index (χ0n) is 8.09. The number of nitrogens with zero attached hydrogens (tertiary/aromatic N) is 1. The quantitative estimate of drug-likeness (QED) is 0.772. The van der Waals surface area contributed by atoms with E-state index >= 15 is 0 Å². The minimum Gasteiger partial charge on any atom is -0.481 e. The van der Waals surface area contributed by atoms with Gasteiger partial charge in [0.05, 0.1) is 7.11 Å². The first-order valence-electron chi connectivity index (χ1n) is 4.69. The fraction of sp³-hybridized carbons (Fsp3) is 0.500.